The van der Waals surface area contributed by atoms with Crippen LogP contribution in [0.3, 0.4) is 0 Å². The quantitative estimate of drug-likeness (QED) is 0.374. The van der Waals surface area contributed by atoms with Crippen molar-refractivity contribution in [2.75, 3.05) is 6.54 Å². The van der Waals surface area contributed by atoms with E-state index in [1.807, 2.05) is 20.8 Å². The SMILES string of the molecule is BC1CN(C(C)(C)C)C(B)C(B)(B)N1C(=O)OC(B)(C(F)(F)F)C(F)(F)F. The van der Waals surface area contributed by atoms with Gasteiger partial charge in [0.25, 0.3) is 5.50 Å². The van der Waals surface area contributed by atoms with Crippen LogP contribution in [0.25, 0.3) is 0 Å². The van der Waals surface area contributed by atoms with Crippen LogP contribution in [0.2, 0.25) is 0 Å². The summed E-state index contributed by atoms with van der Waals surface area (Å²) in [6, 6.07) is 0. The number of rotatable bonds is 1. The number of hydrogen-bond acceptors (Lipinski definition) is 3. The molecule has 1 fully saturated rings. The molecule has 0 spiro atoms. The van der Waals surface area contributed by atoms with Gasteiger partial charge in [-0.05, 0) is 32.1 Å². The molecule has 27 heavy (non-hydrogen) atoms. The Bertz CT molecular complexity index is 566. The zero-order valence-corrected chi connectivity index (χ0v) is 16.8. The van der Waals surface area contributed by atoms with Gasteiger partial charge in [-0.3, -0.25) is 0 Å². The molecule has 1 aliphatic heterocycles. The summed E-state index contributed by atoms with van der Waals surface area (Å²) in [5.41, 5.74) is -4.88. The van der Waals surface area contributed by atoms with Crippen LogP contribution in [0, 0.1) is 0 Å². The summed E-state index contributed by atoms with van der Waals surface area (Å²) in [5, 5.41) is -1.06. The maximum atomic E-state index is 13.1. The highest BCUT2D eigenvalue weighted by atomic mass is 19.4. The molecule has 1 heterocycles. The van der Waals surface area contributed by atoms with Crippen molar-refractivity contribution in [2.45, 2.75) is 61.4 Å². The summed E-state index contributed by atoms with van der Waals surface area (Å²) < 4.78 is 82.6. The molecular weight excluding hydrogens is 372 g/mol. The Balaban J connectivity index is 3.27. The van der Waals surface area contributed by atoms with Crippen LogP contribution in [0.1, 0.15) is 20.8 Å². The monoisotopic (exact) mass is 396 g/mol. The van der Waals surface area contributed by atoms with Gasteiger partial charge in [0.15, 0.2) is 7.85 Å². The van der Waals surface area contributed by atoms with E-state index in [9.17, 15) is 31.1 Å². The number of nitrogens with zero attached hydrogens (tertiary/aromatic N) is 2. The highest BCUT2D eigenvalue weighted by molar-refractivity contribution is 6.45. The third-order valence-electron chi connectivity index (χ3n) is 5.44. The largest absolute Gasteiger partial charge is 0.433 e. The van der Waals surface area contributed by atoms with Gasteiger partial charge < -0.3 is 14.5 Å². The smallest absolute Gasteiger partial charge is 0.428 e. The zero-order valence-electron chi connectivity index (χ0n) is 16.8. The maximum absolute atomic E-state index is 13.1. The third-order valence-corrected chi connectivity index (χ3v) is 5.44. The van der Waals surface area contributed by atoms with Crippen molar-refractivity contribution in [3.05, 3.63) is 0 Å². The van der Waals surface area contributed by atoms with Crippen molar-refractivity contribution in [3.8, 4) is 0 Å². The molecule has 0 aromatic rings. The third kappa shape index (κ3) is 4.27. The second-order valence-electron chi connectivity index (χ2n) is 8.77. The minimum absolute atomic E-state index is 0.169. The average molecular weight is 395 g/mol. The highest BCUT2D eigenvalue weighted by Crippen LogP contribution is 2.44. The molecule has 0 N–H and O–H groups in total. The van der Waals surface area contributed by atoms with Gasteiger partial charge in [-0.15, -0.1) is 0 Å². The molecule has 1 aliphatic rings. The van der Waals surface area contributed by atoms with E-state index >= 15 is 0 Å². The Morgan fingerprint density at radius 3 is 1.78 bits per heavy atom. The first-order valence-electron chi connectivity index (χ1n) is 8.60. The van der Waals surface area contributed by atoms with Gasteiger partial charge in [0, 0.05) is 18.0 Å². The predicted octanol–water partition coefficient (Wildman–Crippen LogP) is -2.17. The van der Waals surface area contributed by atoms with Crippen molar-refractivity contribution in [1.82, 2.24) is 9.80 Å². The Morgan fingerprint density at radius 1 is 1.04 bits per heavy atom. The minimum Gasteiger partial charge on any atom is -0.433 e. The molecule has 0 saturated carbocycles. The number of hydrogen-bond donors (Lipinski definition) is 0. The van der Waals surface area contributed by atoms with Gasteiger partial charge >= 0.3 is 18.4 Å². The summed E-state index contributed by atoms with van der Waals surface area (Å²) >= 11 is 0. The van der Waals surface area contributed by atoms with E-state index in [-0.39, 0.29) is 25.9 Å². The van der Waals surface area contributed by atoms with Gasteiger partial charge in [0.2, 0.25) is 0 Å². The topological polar surface area (TPSA) is 32.8 Å². The number of amides is 1. The van der Waals surface area contributed by atoms with Crippen LogP contribution in [-0.2, 0) is 4.74 Å². The molecule has 1 rings (SSSR count). The average Bonchev–Trinajstić information content (AvgIpc) is 2.38. The van der Waals surface area contributed by atoms with E-state index < -0.39 is 35.2 Å². The Kier molecular flexibility index (Phi) is 6.16. The van der Waals surface area contributed by atoms with Gasteiger partial charge in [-0.25, -0.2) is 4.79 Å². The van der Waals surface area contributed by atoms with Crippen LogP contribution < -0.4 is 0 Å². The van der Waals surface area contributed by atoms with Crippen LogP contribution in [0.5, 0.6) is 0 Å². The summed E-state index contributed by atoms with van der Waals surface area (Å²) in [6.45, 7) is 6.14. The molecule has 15 heteroatoms. The van der Waals surface area contributed by atoms with Crippen molar-refractivity contribution in [2.24, 2.45) is 0 Å². The lowest BCUT2D eigenvalue weighted by Gasteiger charge is -2.59. The molecule has 0 aliphatic carbocycles. The van der Waals surface area contributed by atoms with Crippen molar-refractivity contribution >= 4 is 45.3 Å². The van der Waals surface area contributed by atoms with Gasteiger partial charge in [0.1, 0.15) is 31.4 Å². The Labute approximate surface area is 159 Å². The zero-order chi connectivity index (χ0) is 21.8. The molecule has 0 radical (unpaired) electrons. The second kappa shape index (κ2) is 6.88. The fourth-order valence-corrected chi connectivity index (χ4v) is 3.45. The molecule has 0 aromatic carbocycles. The van der Waals surface area contributed by atoms with Crippen LogP contribution in [-0.4, -0.2) is 102 Å². The van der Waals surface area contributed by atoms with E-state index in [4.69, 9.17) is 0 Å². The van der Waals surface area contributed by atoms with Crippen molar-refractivity contribution in [1.29, 1.82) is 0 Å². The van der Waals surface area contributed by atoms with Gasteiger partial charge in [-0.1, -0.05) is 0 Å². The van der Waals surface area contributed by atoms with Crippen molar-refractivity contribution in [3.63, 3.8) is 0 Å². The van der Waals surface area contributed by atoms with Crippen LogP contribution in [0.4, 0.5) is 31.1 Å². The fourth-order valence-electron chi connectivity index (χ4n) is 3.45. The standard InChI is InChI=1S/C12H23B5F6N2O2/c1-8(2,3)24-4-5(13)25(9(15,16)6(24)14)7(26)27-10(17,11(18,19)20)12(21,22)23/h5-6H,4,13-17H2,1-3H3. The number of carbonyl (C=O) groups excluding carboxylic acids is 1. The number of halogens is 6. The Hall–Kier alpha value is -0.865. The predicted molar refractivity (Wildman–Crippen MR) is 103 cm³/mol. The lowest BCUT2D eigenvalue weighted by molar-refractivity contribution is -0.331. The molecule has 0 aromatic heterocycles. The van der Waals surface area contributed by atoms with E-state index in [0.717, 1.165) is 4.90 Å². The lowest BCUT2D eigenvalue weighted by Crippen LogP contribution is -2.77. The summed E-state index contributed by atoms with van der Waals surface area (Å²) in [4.78, 5) is 15.6. The number of alkyl halides is 6. The lowest BCUT2D eigenvalue weighted by atomic mass is 9.49. The number of piperazine rings is 1. The minimum atomic E-state index is -5.80. The Morgan fingerprint density at radius 2 is 1.44 bits per heavy atom. The van der Waals surface area contributed by atoms with Gasteiger partial charge in [0.05, 0.1) is 0 Å². The summed E-state index contributed by atoms with van der Waals surface area (Å²) in [6.07, 6.45) is -13.2. The highest BCUT2D eigenvalue weighted by Gasteiger charge is 2.71. The van der Waals surface area contributed by atoms with E-state index in [0.29, 0.717) is 0 Å². The molecule has 2 atom stereocenters. The van der Waals surface area contributed by atoms with E-state index in [1.54, 1.807) is 31.4 Å². The van der Waals surface area contributed by atoms with Crippen LogP contribution >= 0.6 is 0 Å². The number of ether oxygens (including phenoxy) is 1. The molecule has 0 bridgehead atoms. The summed E-state index contributed by atoms with van der Waals surface area (Å²) in [7, 11) is 6.39. The van der Waals surface area contributed by atoms with E-state index in [2.05, 4.69) is 9.64 Å². The summed E-state index contributed by atoms with van der Waals surface area (Å²) in [5.74, 6) is -0.974. The van der Waals surface area contributed by atoms with Crippen molar-refractivity contribution < 1.29 is 35.9 Å². The second-order valence-corrected chi connectivity index (χ2v) is 8.77. The molecule has 2 unspecified atom stereocenters. The molecule has 1 saturated heterocycles. The molecular formula is C12H23B5F6N2O2. The fraction of sp³-hybridized carbons (Fsp3) is 0.917. The first kappa shape index (κ1) is 24.2. The maximum Gasteiger partial charge on any atom is 0.428 e. The number of carbonyl (C=O) groups is 1. The van der Waals surface area contributed by atoms with Crippen LogP contribution in [0.15, 0.2) is 0 Å². The van der Waals surface area contributed by atoms with Gasteiger partial charge in [-0.2, -0.15) is 26.3 Å². The normalized spacial score (nSPS) is 25.3. The molecule has 150 valence electrons. The molecule has 1 amide bonds. The first-order chi connectivity index (χ1) is 11.7. The first-order valence-corrected chi connectivity index (χ1v) is 8.60. The van der Waals surface area contributed by atoms with E-state index in [1.165, 1.54) is 0 Å². The molecule has 4 nitrogen and oxygen atoms in total.